The van der Waals surface area contributed by atoms with E-state index < -0.39 is 5.60 Å². The Bertz CT molecular complexity index is 234. The zero-order valence-corrected chi connectivity index (χ0v) is 13.3. The minimum Gasteiger partial charge on any atom is -0.444 e. The third-order valence-electron chi connectivity index (χ3n) is 2.43. The lowest BCUT2D eigenvalue weighted by atomic mass is 10.1. The maximum Gasteiger partial charge on any atom is 0.410 e. The molecule has 0 aromatic rings. The van der Waals surface area contributed by atoms with E-state index in [1.807, 2.05) is 39.5 Å². The number of carbonyl (C=O) groups is 1. The molecule has 1 fully saturated rings. The van der Waals surface area contributed by atoms with Gasteiger partial charge < -0.3 is 15.0 Å². The summed E-state index contributed by atoms with van der Waals surface area (Å²) in [4.78, 5) is 13.7. The fourth-order valence-electron chi connectivity index (χ4n) is 1.81. The zero-order chi connectivity index (χ0) is 11.6. The first kappa shape index (κ1) is 19.3. The summed E-state index contributed by atoms with van der Waals surface area (Å²) >= 11 is 0. The molecule has 0 aromatic heterocycles. The van der Waals surface area contributed by atoms with E-state index in [1.54, 1.807) is 0 Å². The standard InChI is InChI=1S/C11H22N2O2.2H2S/c1-8-6-12-7-9(2)13(8)10(14)15-11(3,4)5;;/h8-9,12H,6-7H2,1-5H3;2*1H2/t8-,9-;;/m0../s1. The highest BCUT2D eigenvalue weighted by atomic mass is 32.1. The lowest BCUT2D eigenvalue weighted by Gasteiger charge is -2.39. The third-order valence-corrected chi connectivity index (χ3v) is 2.43. The molecule has 0 aliphatic carbocycles. The number of ether oxygens (including phenoxy) is 1. The summed E-state index contributed by atoms with van der Waals surface area (Å²) in [6, 6.07) is 0.396. The molecule has 17 heavy (non-hydrogen) atoms. The van der Waals surface area contributed by atoms with Crippen molar-refractivity contribution in [2.24, 2.45) is 0 Å². The van der Waals surface area contributed by atoms with Gasteiger partial charge in [0, 0.05) is 25.2 Å². The van der Waals surface area contributed by atoms with Crippen LogP contribution < -0.4 is 5.32 Å². The lowest BCUT2D eigenvalue weighted by Crippen LogP contribution is -2.58. The molecule has 4 nitrogen and oxygen atoms in total. The predicted molar refractivity (Wildman–Crippen MR) is 80.6 cm³/mol. The molecular weight excluding hydrogens is 256 g/mol. The second kappa shape index (κ2) is 7.38. The number of carbonyl (C=O) groups excluding carboxylic acids is 1. The SMILES string of the molecule is C[C@H]1CNC[C@H](C)N1C(=O)OC(C)(C)C.S.S. The van der Waals surface area contributed by atoms with Crippen molar-refractivity contribution in [1.82, 2.24) is 10.2 Å². The van der Waals surface area contributed by atoms with E-state index in [9.17, 15) is 4.79 Å². The van der Waals surface area contributed by atoms with E-state index >= 15 is 0 Å². The van der Waals surface area contributed by atoms with Crippen LogP contribution in [-0.2, 0) is 4.74 Å². The lowest BCUT2D eigenvalue weighted by molar-refractivity contribution is 0.00303. The van der Waals surface area contributed by atoms with Gasteiger partial charge in [0.25, 0.3) is 0 Å². The van der Waals surface area contributed by atoms with Gasteiger partial charge in [-0.15, -0.1) is 0 Å². The fraction of sp³-hybridized carbons (Fsp3) is 0.909. The van der Waals surface area contributed by atoms with Crippen LogP contribution in [0.5, 0.6) is 0 Å². The molecule has 1 heterocycles. The number of rotatable bonds is 0. The number of nitrogens with zero attached hydrogens (tertiary/aromatic N) is 1. The molecule has 1 amide bonds. The molecule has 0 bridgehead atoms. The van der Waals surface area contributed by atoms with Gasteiger partial charge in [-0.3, -0.25) is 0 Å². The number of piperazine rings is 1. The molecule has 1 N–H and O–H groups in total. The van der Waals surface area contributed by atoms with Gasteiger partial charge in [-0.2, -0.15) is 27.0 Å². The molecule has 0 spiro atoms. The molecular formula is C11H26N2O2S2. The Morgan fingerprint density at radius 2 is 1.59 bits per heavy atom. The van der Waals surface area contributed by atoms with Crippen LogP contribution in [0.3, 0.4) is 0 Å². The summed E-state index contributed by atoms with van der Waals surface area (Å²) < 4.78 is 5.38. The Morgan fingerprint density at radius 3 is 1.94 bits per heavy atom. The Hall–Kier alpha value is -0.0700. The smallest absolute Gasteiger partial charge is 0.410 e. The van der Waals surface area contributed by atoms with Crippen molar-refractivity contribution in [3.8, 4) is 0 Å². The Morgan fingerprint density at radius 1 is 1.18 bits per heavy atom. The second-order valence-electron chi connectivity index (χ2n) is 5.24. The average molecular weight is 282 g/mol. The quantitative estimate of drug-likeness (QED) is 0.737. The first-order valence-corrected chi connectivity index (χ1v) is 5.53. The van der Waals surface area contributed by atoms with Gasteiger partial charge >= 0.3 is 6.09 Å². The van der Waals surface area contributed by atoms with Gasteiger partial charge in [0.05, 0.1) is 0 Å². The van der Waals surface area contributed by atoms with E-state index in [4.69, 9.17) is 4.74 Å². The van der Waals surface area contributed by atoms with Crippen molar-refractivity contribution in [2.75, 3.05) is 13.1 Å². The molecule has 0 aromatic carbocycles. The molecule has 0 radical (unpaired) electrons. The molecule has 1 aliphatic rings. The van der Waals surface area contributed by atoms with E-state index in [0.717, 1.165) is 13.1 Å². The highest BCUT2D eigenvalue weighted by molar-refractivity contribution is 7.59. The van der Waals surface area contributed by atoms with Gasteiger partial charge in [0.1, 0.15) is 5.60 Å². The van der Waals surface area contributed by atoms with Crippen LogP contribution in [-0.4, -0.2) is 41.8 Å². The molecule has 1 aliphatic heterocycles. The summed E-state index contributed by atoms with van der Waals surface area (Å²) in [6.45, 7) is 11.4. The Kier molecular flexibility index (Phi) is 8.37. The monoisotopic (exact) mass is 282 g/mol. The molecule has 104 valence electrons. The number of hydrogen-bond donors (Lipinski definition) is 1. The van der Waals surface area contributed by atoms with Crippen LogP contribution in [0.4, 0.5) is 4.79 Å². The zero-order valence-electron chi connectivity index (χ0n) is 11.3. The molecule has 6 heteroatoms. The van der Waals surface area contributed by atoms with Crippen molar-refractivity contribution < 1.29 is 9.53 Å². The van der Waals surface area contributed by atoms with Gasteiger partial charge in [0.15, 0.2) is 0 Å². The molecule has 2 atom stereocenters. The number of hydrogen-bond acceptors (Lipinski definition) is 3. The van der Waals surface area contributed by atoms with Crippen LogP contribution in [0.2, 0.25) is 0 Å². The van der Waals surface area contributed by atoms with Gasteiger partial charge in [-0.05, 0) is 34.6 Å². The van der Waals surface area contributed by atoms with Crippen molar-refractivity contribution in [3.63, 3.8) is 0 Å². The minimum absolute atomic E-state index is 0. The van der Waals surface area contributed by atoms with Crippen molar-refractivity contribution in [1.29, 1.82) is 0 Å². The summed E-state index contributed by atoms with van der Waals surface area (Å²) in [6.07, 6.45) is -0.205. The highest BCUT2D eigenvalue weighted by Crippen LogP contribution is 2.16. The topological polar surface area (TPSA) is 41.6 Å². The molecule has 0 unspecified atom stereocenters. The second-order valence-corrected chi connectivity index (χ2v) is 5.24. The maximum absolute atomic E-state index is 11.9. The minimum atomic E-state index is -0.415. The van der Waals surface area contributed by atoms with Crippen molar-refractivity contribution in [3.05, 3.63) is 0 Å². The van der Waals surface area contributed by atoms with Crippen LogP contribution in [0, 0.1) is 0 Å². The summed E-state index contributed by atoms with van der Waals surface area (Å²) in [5.74, 6) is 0. The maximum atomic E-state index is 11.9. The summed E-state index contributed by atoms with van der Waals surface area (Å²) in [7, 11) is 0. The van der Waals surface area contributed by atoms with Crippen LogP contribution in [0.15, 0.2) is 0 Å². The van der Waals surface area contributed by atoms with Crippen molar-refractivity contribution >= 4 is 33.1 Å². The largest absolute Gasteiger partial charge is 0.444 e. The van der Waals surface area contributed by atoms with E-state index in [1.165, 1.54) is 0 Å². The first-order valence-electron chi connectivity index (χ1n) is 5.53. The molecule has 0 saturated carbocycles. The van der Waals surface area contributed by atoms with Crippen LogP contribution in [0.1, 0.15) is 34.6 Å². The van der Waals surface area contributed by atoms with Crippen LogP contribution in [0.25, 0.3) is 0 Å². The van der Waals surface area contributed by atoms with E-state index in [2.05, 4.69) is 5.32 Å². The molecule has 1 rings (SSSR count). The predicted octanol–water partition coefficient (Wildman–Crippen LogP) is 1.83. The number of nitrogens with one attached hydrogen (secondary N) is 1. The summed E-state index contributed by atoms with van der Waals surface area (Å²) in [5.41, 5.74) is -0.415. The van der Waals surface area contributed by atoms with E-state index in [0.29, 0.717) is 0 Å². The first-order chi connectivity index (χ1) is 6.81. The van der Waals surface area contributed by atoms with Gasteiger partial charge in [-0.25, -0.2) is 4.79 Å². The molecule has 1 saturated heterocycles. The third kappa shape index (κ3) is 5.88. The highest BCUT2D eigenvalue weighted by Gasteiger charge is 2.32. The van der Waals surface area contributed by atoms with Gasteiger partial charge in [-0.1, -0.05) is 0 Å². The van der Waals surface area contributed by atoms with E-state index in [-0.39, 0.29) is 45.2 Å². The van der Waals surface area contributed by atoms with Crippen molar-refractivity contribution in [2.45, 2.75) is 52.3 Å². The Labute approximate surface area is 118 Å². The van der Waals surface area contributed by atoms with Gasteiger partial charge in [0.2, 0.25) is 0 Å². The summed E-state index contributed by atoms with van der Waals surface area (Å²) in [5, 5.41) is 3.28. The Balaban J connectivity index is 0. The average Bonchev–Trinajstić information content (AvgIpc) is 1.99. The van der Waals surface area contributed by atoms with Crippen LogP contribution >= 0.6 is 27.0 Å². The fourth-order valence-corrected chi connectivity index (χ4v) is 1.81. The normalized spacial score (nSPS) is 24.4. The number of amides is 1.